The number of hydrogen-bond donors (Lipinski definition) is 2. The van der Waals surface area contributed by atoms with Gasteiger partial charge in [0.05, 0.1) is 6.04 Å². The monoisotopic (exact) mass is 421 g/mol. The van der Waals surface area contributed by atoms with Crippen LogP contribution in [0, 0.1) is 0 Å². The second-order valence-electron chi connectivity index (χ2n) is 8.31. The van der Waals surface area contributed by atoms with Crippen LogP contribution >= 0.6 is 0 Å². The van der Waals surface area contributed by atoms with Gasteiger partial charge in [0.2, 0.25) is 0 Å². The molecule has 2 N–H and O–H groups in total. The predicted octanol–water partition coefficient (Wildman–Crippen LogP) is 5.05. The van der Waals surface area contributed by atoms with Gasteiger partial charge in [-0.15, -0.1) is 0 Å². The predicted molar refractivity (Wildman–Crippen MR) is 120 cm³/mol. The lowest BCUT2D eigenvalue weighted by Crippen LogP contribution is -2.43. The molecule has 3 rings (SSSR count). The van der Waals surface area contributed by atoms with Crippen molar-refractivity contribution in [2.45, 2.75) is 38.8 Å². The SMILES string of the molecule is CC(C)(C)OC(=O)N[C@@H](COc1ccc2ccccc2c1C(=O)O)Cc1ccccc1. The molecule has 3 aromatic carbocycles. The van der Waals surface area contributed by atoms with Crippen molar-refractivity contribution in [2.75, 3.05) is 6.61 Å². The van der Waals surface area contributed by atoms with E-state index in [-0.39, 0.29) is 17.9 Å². The highest BCUT2D eigenvalue weighted by Gasteiger charge is 2.22. The van der Waals surface area contributed by atoms with Gasteiger partial charge in [-0.3, -0.25) is 0 Å². The van der Waals surface area contributed by atoms with Crippen molar-refractivity contribution in [3.8, 4) is 5.75 Å². The van der Waals surface area contributed by atoms with Crippen molar-refractivity contribution in [2.24, 2.45) is 0 Å². The summed E-state index contributed by atoms with van der Waals surface area (Å²) in [6, 6.07) is 20.0. The van der Waals surface area contributed by atoms with Crippen LogP contribution in [0.4, 0.5) is 4.79 Å². The molecule has 0 bridgehead atoms. The normalized spacial score (nSPS) is 12.2. The van der Waals surface area contributed by atoms with E-state index in [0.717, 1.165) is 10.9 Å². The fraction of sp³-hybridized carbons (Fsp3) is 0.280. The molecule has 1 atom stereocenters. The lowest BCUT2D eigenvalue weighted by atomic mass is 10.0. The van der Waals surface area contributed by atoms with Crippen molar-refractivity contribution in [3.63, 3.8) is 0 Å². The number of rotatable bonds is 7. The summed E-state index contributed by atoms with van der Waals surface area (Å²) in [6.45, 7) is 5.48. The number of alkyl carbamates (subject to hydrolysis) is 1. The molecule has 0 radical (unpaired) electrons. The second-order valence-corrected chi connectivity index (χ2v) is 8.31. The molecule has 3 aromatic rings. The molecule has 0 fully saturated rings. The van der Waals surface area contributed by atoms with E-state index >= 15 is 0 Å². The highest BCUT2D eigenvalue weighted by atomic mass is 16.6. The Kier molecular flexibility index (Phi) is 6.80. The van der Waals surface area contributed by atoms with Crippen LogP contribution in [0.5, 0.6) is 5.75 Å². The number of benzene rings is 3. The first-order valence-electron chi connectivity index (χ1n) is 10.1. The highest BCUT2D eigenvalue weighted by Crippen LogP contribution is 2.28. The van der Waals surface area contributed by atoms with E-state index in [1.54, 1.807) is 39.0 Å². The smallest absolute Gasteiger partial charge is 0.408 e. The lowest BCUT2D eigenvalue weighted by Gasteiger charge is -2.24. The Balaban J connectivity index is 1.81. The first-order chi connectivity index (χ1) is 14.7. The minimum absolute atomic E-state index is 0.0900. The molecule has 0 aromatic heterocycles. The first kappa shape index (κ1) is 22.2. The Morgan fingerprint density at radius 2 is 1.65 bits per heavy atom. The minimum atomic E-state index is -1.06. The summed E-state index contributed by atoms with van der Waals surface area (Å²) in [6.07, 6.45) is -0.0372. The molecule has 0 spiro atoms. The van der Waals surface area contributed by atoms with Gasteiger partial charge >= 0.3 is 12.1 Å². The molecular formula is C25H27NO5. The molecule has 0 saturated heterocycles. The Hall–Kier alpha value is -3.54. The van der Waals surface area contributed by atoms with Gasteiger partial charge in [0.15, 0.2) is 0 Å². The Morgan fingerprint density at radius 1 is 0.968 bits per heavy atom. The maximum atomic E-state index is 12.3. The zero-order chi connectivity index (χ0) is 22.4. The molecule has 0 aliphatic heterocycles. The summed E-state index contributed by atoms with van der Waals surface area (Å²) in [4.78, 5) is 24.3. The number of hydrogen-bond acceptors (Lipinski definition) is 4. The Bertz CT molecular complexity index is 1060. The van der Waals surface area contributed by atoms with E-state index in [4.69, 9.17) is 9.47 Å². The van der Waals surface area contributed by atoms with Gasteiger partial charge in [-0.1, -0.05) is 60.7 Å². The third-order valence-electron chi connectivity index (χ3n) is 4.59. The second kappa shape index (κ2) is 9.51. The van der Waals surface area contributed by atoms with Crippen molar-refractivity contribution in [3.05, 3.63) is 77.9 Å². The van der Waals surface area contributed by atoms with E-state index in [2.05, 4.69) is 5.32 Å². The third-order valence-corrected chi connectivity index (χ3v) is 4.59. The summed E-state index contributed by atoms with van der Waals surface area (Å²) in [5, 5.41) is 14.0. The van der Waals surface area contributed by atoms with Gasteiger partial charge in [0.1, 0.15) is 23.5 Å². The van der Waals surface area contributed by atoms with Crippen LogP contribution in [0.1, 0.15) is 36.7 Å². The van der Waals surface area contributed by atoms with Crippen LogP contribution in [0.2, 0.25) is 0 Å². The van der Waals surface area contributed by atoms with Crippen molar-refractivity contribution >= 4 is 22.8 Å². The van der Waals surface area contributed by atoms with Gasteiger partial charge in [0, 0.05) is 0 Å². The van der Waals surface area contributed by atoms with Crippen LogP contribution in [-0.4, -0.2) is 35.4 Å². The van der Waals surface area contributed by atoms with Gasteiger partial charge in [0.25, 0.3) is 0 Å². The number of amides is 1. The van der Waals surface area contributed by atoms with Crippen molar-refractivity contribution in [1.82, 2.24) is 5.32 Å². The van der Waals surface area contributed by atoms with Crippen LogP contribution in [-0.2, 0) is 11.2 Å². The minimum Gasteiger partial charge on any atom is -0.491 e. The van der Waals surface area contributed by atoms with Crippen LogP contribution in [0.15, 0.2) is 66.7 Å². The summed E-state index contributed by atoms with van der Waals surface area (Å²) >= 11 is 0. The lowest BCUT2D eigenvalue weighted by molar-refractivity contribution is 0.0485. The number of nitrogens with one attached hydrogen (secondary N) is 1. The average Bonchev–Trinajstić information content (AvgIpc) is 2.70. The molecule has 1 amide bonds. The molecule has 0 unspecified atom stereocenters. The molecule has 0 aliphatic rings. The zero-order valence-electron chi connectivity index (χ0n) is 17.9. The van der Waals surface area contributed by atoms with Crippen LogP contribution in [0.3, 0.4) is 0 Å². The molecule has 31 heavy (non-hydrogen) atoms. The molecule has 6 nitrogen and oxygen atoms in total. The largest absolute Gasteiger partial charge is 0.491 e. The summed E-state index contributed by atoms with van der Waals surface area (Å²) < 4.78 is 11.3. The fourth-order valence-electron chi connectivity index (χ4n) is 3.31. The topological polar surface area (TPSA) is 84.9 Å². The third kappa shape index (κ3) is 6.22. The average molecular weight is 421 g/mol. The van der Waals surface area contributed by atoms with Crippen LogP contribution in [0.25, 0.3) is 10.8 Å². The summed E-state index contributed by atoms with van der Waals surface area (Å²) in [5.41, 5.74) is 0.495. The number of carboxylic acids is 1. The molecule has 162 valence electrons. The highest BCUT2D eigenvalue weighted by molar-refractivity contribution is 6.06. The molecular weight excluding hydrogens is 394 g/mol. The van der Waals surface area contributed by atoms with Gasteiger partial charge in [-0.2, -0.15) is 0 Å². The summed E-state index contributed by atoms with van der Waals surface area (Å²) in [5.74, 6) is -0.804. The number of carboxylic acid groups (broad SMARTS) is 1. The van der Waals surface area contributed by atoms with E-state index in [1.807, 2.05) is 48.5 Å². The Morgan fingerprint density at radius 3 is 2.32 bits per heavy atom. The van der Waals surface area contributed by atoms with Crippen LogP contribution < -0.4 is 10.1 Å². The number of carbonyl (C=O) groups excluding carboxylic acids is 1. The van der Waals surface area contributed by atoms with E-state index < -0.39 is 23.7 Å². The fourth-order valence-corrected chi connectivity index (χ4v) is 3.31. The van der Waals surface area contributed by atoms with Crippen molar-refractivity contribution in [1.29, 1.82) is 0 Å². The number of carbonyl (C=O) groups is 2. The molecule has 0 saturated carbocycles. The maximum absolute atomic E-state index is 12.3. The summed E-state index contributed by atoms with van der Waals surface area (Å²) in [7, 11) is 0. The maximum Gasteiger partial charge on any atom is 0.408 e. The number of aromatic carboxylic acids is 1. The van der Waals surface area contributed by atoms with E-state index in [0.29, 0.717) is 11.8 Å². The quantitative estimate of drug-likeness (QED) is 0.557. The molecule has 6 heteroatoms. The first-order valence-corrected chi connectivity index (χ1v) is 10.1. The zero-order valence-corrected chi connectivity index (χ0v) is 17.9. The van der Waals surface area contributed by atoms with Gasteiger partial charge < -0.3 is 19.9 Å². The standard InChI is InChI=1S/C25H27NO5/c1-25(2,3)31-24(29)26-19(15-17-9-5-4-6-10-17)16-30-21-14-13-18-11-7-8-12-20(18)22(21)23(27)28/h4-14,19H,15-16H2,1-3H3,(H,26,29)(H,27,28)/t19-/m1/s1. The van der Waals surface area contributed by atoms with E-state index in [1.165, 1.54) is 0 Å². The number of fused-ring (bicyclic) bond motifs is 1. The number of ether oxygens (including phenoxy) is 2. The molecule has 0 aliphatic carbocycles. The van der Waals surface area contributed by atoms with Crippen molar-refractivity contribution < 1.29 is 24.2 Å². The molecule has 0 heterocycles. The Labute approximate surface area is 181 Å². The van der Waals surface area contributed by atoms with Gasteiger partial charge in [-0.25, -0.2) is 9.59 Å². The van der Waals surface area contributed by atoms with E-state index in [9.17, 15) is 14.7 Å². The van der Waals surface area contributed by atoms with Gasteiger partial charge in [-0.05, 0) is 49.6 Å².